The van der Waals surface area contributed by atoms with E-state index >= 15 is 0 Å². The monoisotopic (exact) mass is 314 g/mol. The van der Waals surface area contributed by atoms with Crippen molar-refractivity contribution in [2.75, 3.05) is 33.3 Å². The van der Waals surface area contributed by atoms with Crippen LogP contribution in [0.25, 0.3) is 0 Å². The molecule has 2 saturated heterocycles. The number of ether oxygens (including phenoxy) is 1. The number of nitrogens with zero attached hydrogens (tertiary/aromatic N) is 4. The third kappa shape index (κ3) is 2.61. The van der Waals surface area contributed by atoms with Gasteiger partial charge in [-0.15, -0.1) is 0 Å². The molecule has 2 aliphatic heterocycles. The van der Waals surface area contributed by atoms with Crippen LogP contribution in [-0.2, 0) is 21.8 Å². The minimum absolute atomic E-state index is 0.132. The number of hydrogen-bond donors (Lipinski definition) is 0. The number of fused-ring (bicyclic) bond motifs is 1. The molecule has 0 aliphatic carbocycles. The first-order chi connectivity index (χ1) is 9.89. The average molecular weight is 314 g/mol. The Morgan fingerprint density at radius 1 is 1.33 bits per heavy atom. The van der Waals surface area contributed by atoms with Crippen molar-refractivity contribution in [3.63, 3.8) is 0 Å². The van der Waals surface area contributed by atoms with Crippen molar-refractivity contribution in [1.82, 2.24) is 18.8 Å². The summed E-state index contributed by atoms with van der Waals surface area (Å²) in [6.45, 7) is 4.34. The molecule has 3 heterocycles. The molecular formula is C13H22N4O3S. The molecule has 0 radical (unpaired) electrons. The van der Waals surface area contributed by atoms with Gasteiger partial charge >= 0.3 is 0 Å². The van der Waals surface area contributed by atoms with Crippen molar-refractivity contribution in [2.45, 2.75) is 30.5 Å². The Bertz CT molecular complexity index is 608. The summed E-state index contributed by atoms with van der Waals surface area (Å²) in [5.74, 6) is 0.696. The number of rotatable bonds is 2. The summed E-state index contributed by atoms with van der Waals surface area (Å²) in [6.07, 6.45) is 2.46. The van der Waals surface area contributed by atoms with Gasteiger partial charge in [-0.2, -0.15) is 4.31 Å². The van der Waals surface area contributed by atoms with Gasteiger partial charge in [-0.3, -0.25) is 4.90 Å². The van der Waals surface area contributed by atoms with E-state index in [-0.39, 0.29) is 17.2 Å². The van der Waals surface area contributed by atoms with E-state index in [1.807, 2.05) is 7.05 Å². The van der Waals surface area contributed by atoms with E-state index in [9.17, 15) is 8.42 Å². The zero-order chi connectivity index (χ0) is 15.2. The van der Waals surface area contributed by atoms with Crippen LogP contribution in [0, 0.1) is 6.92 Å². The van der Waals surface area contributed by atoms with Crippen molar-refractivity contribution < 1.29 is 13.2 Å². The van der Waals surface area contributed by atoms with E-state index in [0.717, 1.165) is 19.6 Å². The molecule has 8 heteroatoms. The number of aryl methyl sites for hydroxylation is 2. The molecule has 2 aliphatic rings. The van der Waals surface area contributed by atoms with Gasteiger partial charge in [0.05, 0.1) is 12.7 Å². The molecule has 7 nitrogen and oxygen atoms in total. The Labute approximate surface area is 125 Å². The number of imidazole rings is 1. The maximum Gasteiger partial charge on any atom is 0.262 e. The predicted octanol–water partition coefficient (Wildman–Crippen LogP) is -0.178. The Hall–Kier alpha value is -0.960. The Morgan fingerprint density at radius 3 is 2.76 bits per heavy atom. The smallest absolute Gasteiger partial charge is 0.262 e. The van der Waals surface area contributed by atoms with Gasteiger partial charge in [-0.1, -0.05) is 0 Å². The summed E-state index contributed by atoms with van der Waals surface area (Å²) in [5.41, 5.74) is 0. The normalized spacial score (nSPS) is 28.5. The van der Waals surface area contributed by atoms with E-state index in [1.54, 1.807) is 29.0 Å². The Morgan fingerprint density at radius 2 is 2.10 bits per heavy atom. The minimum atomic E-state index is -3.52. The fraction of sp³-hybridized carbons (Fsp3) is 0.769. The zero-order valence-electron chi connectivity index (χ0n) is 12.7. The van der Waals surface area contributed by atoms with Gasteiger partial charge in [0, 0.05) is 38.9 Å². The third-order valence-electron chi connectivity index (χ3n) is 4.52. The molecule has 1 aromatic rings. The largest absolute Gasteiger partial charge is 0.375 e. The van der Waals surface area contributed by atoms with Crippen LogP contribution in [0.15, 0.2) is 11.2 Å². The highest BCUT2D eigenvalue weighted by atomic mass is 32.2. The average Bonchev–Trinajstić information content (AvgIpc) is 2.79. The minimum Gasteiger partial charge on any atom is -0.375 e. The second-order valence-corrected chi connectivity index (χ2v) is 7.73. The summed E-state index contributed by atoms with van der Waals surface area (Å²) in [5, 5.41) is 0.139. The molecule has 0 aromatic carbocycles. The summed E-state index contributed by atoms with van der Waals surface area (Å²) < 4.78 is 34.5. The van der Waals surface area contributed by atoms with Gasteiger partial charge in [0.25, 0.3) is 10.0 Å². The highest BCUT2D eigenvalue weighted by molar-refractivity contribution is 7.89. The van der Waals surface area contributed by atoms with Crippen molar-refractivity contribution in [1.29, 1.82) is 0 Å². The number of sulfonamides is 1. The molecule has 1 aromatic heterocycles. The second-order valence-electron chi connectivity index (χ2n) is 5.85. The lowest BCUT2D eigenvalue weighted by molar-refractivity contribution is -0.0840. The lowest BCUT2D eigenvalue weighted by Crippen LogP contribution is -2.59. The first-order valence-electron chi connectivity index (χ1n) is 7.21. The van der Waals surface area contributed by atoms with E-state index in [2.05, 4.69) is 9.88 Å². The topological polar surface area (TPSA) is 67.7 Å². The highest BCUT2D eigenvalue weighted by Gasteiger charge is 2.40. The molecule has 3 rings (SSSR count). The van der Waals surface area contributed by atoms with Crippen molar-refractivity contribution >= 4 is 10.0 Å². The predicted molar refractivity (Wildman–Crippen MR) is 77.5 cm³/mol. The molecule has 118 valence electrons. The molecule has 21 heavy (non-hydrogen) atoms. The van der Waals surface area contributed by atoms with E-state index in [4.69, 9.17) is 4.74 Å². The number of aromatic nitrogens is 2. The number of morpholine rings is 1. The third-order valence-corrected chi connectivity index (χ3v) is 6.25. The molecule has 0 N–H and O–H groups in total. The van der Waals surface area contributed by atoms with Crippen LogP contribution in [0.5, 0.6) is 0 Å². The summed E-state index contributed by atoms with van der Waals surface area (Å²) in [6, 6.07) is 0.132. The lowest BCUT2D eigenvalue weighted by atomic mass is 10.0. The molecule has 0 bridgehead atoms. The van der Waals surface area contributed by atoms with Crippen molar-refractivity contribution in [2.24, 2.45) is 7.05 Å². The molecule has 0 unspecified atom stereocenters. The van der Waals surface area contributed by atoms with Gasteiger partial charge in [-0.05, 0) is 20.4 Å². The first-order valence-corrected chi connectivity index (χ1v) is 8.65. The van der Waals surface area contributed by atoms with E-state index < -0.39 is 10.0 Å². The van der Waals surface area contributed by atoms with Crippen LogP contribution >= 0.6 is 0 Å². The van der Waals surface area contributed by atoms with Gasteiger partial charge < -0.3 is 9.30 Å². The summed E-state index contributed by atoms with van der Waals surface area (Å²) >= 11 is 0. The fourth-order valence-electron chi connectivity index (χ4n) is 3.01. The van der Waals surface area contributed by atoms with Crippen LogP contribution < -0.4 is 0 Å². The highest BCUT2D eigenvalue weighted by Crippen LogP contribution is 2.26. The van der Waals surface area contributed by atoms with Crippen LogP contribution in [-0.4, -0.2) is 72.6 Å². The maximum absolute atomic E-state index is 12.7. The van der Waals surface area contributed by atoms with E-state index in [0.29, 0.717) is 18.9 Å². The molecule has 0 saturated carbocycles. The van der Waals surface area contributed by atoms with Gasteiger partial charge in [0.15, 0.2) is 5.03 Å². The summed E-state index contributed by atoms with van der Waals surface area (Å²) in [7, 11) is 0.312. The number of likely N-dealkylation sites (N-methyl/N-ethyl adjacent to an activating group) is 1. The standard InChI is InChI=1S/C13H22N4O3S/c1-10-14-13(9-16(10)3)21(18,19)17-5-4-12-11(8-17)15(2)6-7-20-12/h9,11-12H,4-8H2,1-3H3/t11-,12-/m1/s1. The number of hydrogen-bond acceptors (Lipinski definition) is 5. The quantitative estimate of drug-likeness (QED) is 0.758. The SMILES string of the molecule is Cc1nc(S(=O)(=O)N2CC[C@H]3OCCN(C)[C@@H]3C2)cn1C. The molecule has 0 spiro atoms. The number of piperidine rings is 1. The molecule has 2 atom stereocenters. The fourth-order valence-corrected chi connectivity index (χ4v) is 4.51. The van der Waals surface area contributed by atoms with Gasteiger partial charge in [0.1, 0.15) is 5.82 Å². The molecular weight excluding hydrogens is 292 g/mol. The van der Waals surface area contributed by atoms with Crippen molar-refractivity contribution in [3.05, 3.63) is 12.0 Å². The zero-order valence-corrected chi connectivity index (χ0v) is 13.5. The maximum atomic E-state index is 12.7. The second kappa shape index (κ2) is 5.35. The van der Waals surface area contributed by atoms with Crippen LogP contribution in [0.3, 0.4) is 0 Å². The van der Waals surface area contributed by atoms with Crippen molar-refractivity contribution in [3.8, 4) is 0 Å². The molecule has 2 fully saturated rings. The van der Waals surface area contributed by atoms with Crippen LogP contribution in [0.2, 0.25) is 0 Å². The Balaban J connectivity index is 1.83. The van der Waals surface area contributed by atoms with Crippen LogP contribution in [0.4, 0.5) is 0 Å². The molecule has 0 amide bonds. The van der Waals surface area contributed by atoms with E-state index in [1.165, 1.54) is 0 Å². The Kier molecular flexibility index (Phi) is 3.81. The van der Waals surface area contributed by atoms with Gasteiger partial charge in [0.2, 0.25) is 0 Å². The summed E-state index contributed by atoms with van der Waals surface area (Å²) in [4.78, 5) is 6.36. The van der Waals surface area contributed by atoms with Crippen LogP contribution in [0.1, 0.15) is 12.2 Å². The lowest BCUT2D eigenvalue weighted by Gasteiger charge is -2.44. The van der Waals surface area contributed by atoms with Gasteiger partial charge in [-0.25, -0.2) is 13.4 Å². The first kappa shape index (κ1) is 15.0.